The molecule has 9 rings (SSSR count). The molecule has 0 aliphatic carbocycles. The summed E-state index contributed by atoms with van der Waals surface area (Å²) in [4.78, 5) is 45.1. The number of rotatable bonds is 13. The van der Waals surface area contributed by atoms with Crippen molar-refractivity contribution in [2.75, 3.05) is 34.6 Å². The molecule has 0 N–H and O–H groups in total. The molecule has 14 heteroatoms. The van der Waals surface area contributed by atoms with Crippen LogP contribution in [0.15, 0.2) is 133 Å². The van der Waals surface area contributed by atoms with E-state index in [0.717, 1.165) is 49.7 Å². The molecule has 0 saturated heterocycles. The molecular weight excluding hydrogens is 866 g/mol. The summed E-state index contributed by atoms with van der Waals surface area (Å²) in [6.07, 6.45) is 0. The van der Waals surface area contributed by atoms with E-state index in [1.165, 1.54) is 6.92 Å². The van der Waals surface area contributed by atoms with E-state index in [0.29, 0.717) is 38.8 Å². The molecule has 62 heavy (non-hydrogen) atoms. The van der Waals surface area contributed by atoms with Crippen LogP contribution in [0.25, 0.3) is 21.5 Å². The lowest BCUT2D eigenvalue weighted by molar-refractivity contribution is -0.131. The Labute approximate surface area is 372 Å². The fraction of sp³-hybridized carbons (Fsp3) is 0.188. The number of nitrogens with zero attached hydrogens (tertiary/aromatic N) is 2. The highest BCUT2D eigenvalue weighted by molar-refractivity contribution is 7.48. The van der Waals surface area contributed by atoms with Crippen molar-refractivity contribution in [1.82, 2.24) is 0 Å². The van der Waals surface area contributed by atoms with Crippen molar-refractivity contribution in [3.63, 3.8) is 0 Å². The molecule has 0 saturated carbocycles. The van der Waals surface area contributed by atoms with E-state index in [1.807, 2.05) is 109 Å². The van der Waals surface area contributed by atoms with Gasteiger partial charge in [-0.1, -0.05) is 109 Å². The average Bonchev–Trinajstić information content (AvgIpc) is 4.04. The Bertz CT molecular complexity index is 2850. The van der Waals surface area contributed by atoms with Crippen molar-refractivity contribution in [2.24, 2.45) is 0 Å². The highest BCUT2D eigenvalue weighted by atomic mass is 35.5. The number of alkyl halides is 2. The van der Waals surface area contributed by atoms with Crippen LogP contribution in [0.2, 0.25) is 0 Å². The Kier molecular flexibility index (Phi) is 11.9. The van der Waals surface area contributed by atoms with Crippen molar-refractivity contribution in [2.45, 2.75) is 32.0 Å². The second-order valence-corrected chi connectivity index (χ2v) is 18.3. The van der Waals surface area contributed by atoms with Gasteiger partial charge in [-0.15, -0.1) is 34.5 Å². The monoisotopic (exact) mass is 904 g/mol. The average molecular weight is 906 g/mol. The van der Waals surface area contributed by atoms with Gasteiger partial charge in [-0.2, -0.15) is 0 Å². The number of hydrogen-bond donors (Lipinski definition) is 0. The van der Waals surface area contributed by atoms with Crippen molar-refractivity contribution in [3.05, 3.63) is 165 Å². The molecule has 314 valence electrons. The number of phosphoric acid groups is 1. The molecule has 2 aliphatic heterocycles. The summed E-state index contributed by atoms with van der Waals surface area (Å²) in [7, 11) is -4.30. The third-order valence-electron chi connectivity index (χ3n) is 11.1. The molecule has 6 aromatic carbocycles. The fourth-order valence-electron chi connectivity index (χ4n) is 8.28. The van der Waals surface area contributed by atoms with E-state index < -0.39 is 13.8 Å². The topological polar surface area (TPSA) is 112 Å². The molecule has 7 aromatic rings. The van der Waals surface area contributed by atoms with Crippen LogP contribution >= 0.6 is 42.4 Å². The van der Waals surface area contributed by atoms with E-state index in [4.69, 9.17) is 41.5 Å². The number of thiophene rings is 1. The number of carbonyl (C=O) groups is 3. The van der Waals surface area contributed by atoms with Gasteiger partial charge in [0.15, 0.2) is 0 Å². The molecule has 10 nitrogen and oxygen atoms in total. The minimum Gasteiger partial charge on any atom is -0.426 e. The lowest BCUT2D eigenvalue weighted by Gasteiger charge is -2.22. The van der Waals surface area contributed by atoms with Crippen molar-refractivity contribution < 1.29 is 37.3 Å². The number of esters is 1. The third kappa shape index (κ3) is 8.13. The van der Waals surface area contributed by atoms with Crippen LogP contribution in [0.4, 0.5) is 11.4 Å². The van der Waals surface area contributed by atoms with Gasteiger partial charge < -0.3 is 19.1 Å². The minimum atomic E-state index is -4.30. The van der Waals surface area contributed by atoms with Gasteiger partial charge in [-0.05, 0) is 45.2 Å². The summed E-state index contributed by atoms with van der Waals surface area (Å²) < 4.78 is 38.5. The molecule has 0 bridgehead atoms. The number of hydrogen-bond acceptors (Lipinski definition) is 9. The number of carbonyl (C=O) groups excluding carboxylic acids is 3. The van der Waals surface area contributed by atoms with Crippen LogP contribution in [0.5, 0.6) is 11.5 Å². The van der Waals surface area contributed by atoms with Gasteiger partial charge in [0.1, 0.15) is 11.5 Å². The third-order valence-corrected chi connectivity index (χ3v) is 14.2. The van der Waals surface area contributed by atoms with E-state index in [-0.39, 0.29) is 60.9 Å². The molecule has 2 aliphatic rings. The number of ether oxygens (including phenoxy) is 1. The Morgan fingerprint density at radius 3 is 1.48 bits per heavy atom. The maximum Gasteiger partial charge on any atom is 0.530 e. The molecule has 0 unspecified atom stereocenters. The van der Waals surface area contributed by atoms with E-state index in [2.05, 4.69) is 0 Å². The molecule has 0 fully saturated rings. The molecular formula is C48H39Cl2N2O8PS. The van der Waals surface area contributed by atoms with Gasteiger partial charge in [0.25, 0.3) is 11.8 Å². The van der Waals surface area contributed by atoms with Crippen LogP contribution in [0.3, 0.4) is 0 Å². The number of anilines is 2. The lowest BCUT2D eigenvalue weighted by Crippen LogP contribution is -2.30. The zero-order chi connectivity index (χ0) is 43.0. The largest absolute Gasteiger partial charge is 0.530 e. The number of fused-ring (bicyclic) bond motifs is 6. The molecule has 0 spiro atoms. The lowest BCUT2D eigenvalue weighted by atomic mass is 9.95. The fourth-order valence-corrected chi connectivity index (χ4v) is 10.9. The van der Waals surface area contributed by atoms with E-state index >= 15 is 0 Å². The zero-order valence-corrected chi connectivity index (χ0v) is 36.6. The quantitative estimate of drug-likeness (QED) is 0.0487. The van der Waals surface area contributed by atoms with Gasteiger partial charge in [-0.25, -0.2) is 4.57 Å². The first-order chi connectivity index (χ1) is 30.1. The van der Waals surface area contributed by atoms with Gasteiger partial charge in [0.2, 0.25) is 0 Å². The summed E-state index contributed by atoms with van der Waals surface area (Å²) in [5, 5.41) is 3.03. The predicted octanol–water partition coefficient (Wildman–Crippen LogP) is 11.9. The van der Waals surface area contributed by atoms with E-state index in [1.54, 1.807) is 34.1 Å². The van der Waals surface area contributed by atoms with Crippen LogP contribution in [-0.4, -0.2) is 42.6 Å². The summed E-state index contributed by atoms with van der Waals surface area (Å²) >= 11 is 14.2. The normalized spacial score (nSPS) is 15.8. The zero-order valence-electron chi connectivity index (χ0n) is 33.4. The second kappa shape index (κ2) is 17.7. The summed E-state index contributed by atoms with van der Waals surface area (Å²) in [6, 6.07) is 40.5. The first-order valence-electron chi connectivity index (χ1n) is 20.0. The molecule has 2 amide bonds. The SMILES string of the molecule is CC(=O)Oc1cc2c(c3ccccc13)[C@H](CCl)CN2C(=O)c1ccc(C(=O)N2C[C@@H](CCl)c3c2cc(OP(=O)(OCc2ccccc2)OCc2ccccc2)c2ccccc32)s1. The molecule has 3 heterocycles. The van der Waals surface area contributed by atoms with E-state index in [9.17, 15) is 18.9 Å². The first-order valence-corrected chi connectivity index (χ1v) is 23.3. The van der Waals surface area contributed by atoms with Crippen LogP contribution in [0, 0.1) is 0 Å². The summed E-state index contributed by atoms with van der Waals surface area (Å²) in [5.74, 6) is -0.471. The Hall–Kier alpha value is -5.52. The van der Waals surface area contributed by atoms with Crippen LogP contribution < -0.4 is 19.1 Å². The molecule has 0 radical (unpaired) electrons. The van der Waals surface area contributed by atoms with Crippen molar-refractivity contribution in [3.8, 4) is 11.5 Å². The highest BCUT2D eigenvalue weighted by Gasteiger charge is 2.39. The van der Waals surface area contributed by atoms with Gasteiger partial charge in [-0.3, -0.25) is 23.4 Å². The van der Waals surface area contributed by atoms with Gasteiger partial charge >= 0.3 is 13.8 Å². The van der Waals surface area contributed by atoms with Gasteiger partial charge in [0.05, 0.1) is 34.3 Å². The van der Waals surface area contributed by atoms with Crippen LogP contribution in [0.1, 0.15) is 60.4 Å². The first kappa shape index (κ1) is 41.8. The maximum absolute atomic E-state index is 14.6. The smallest absolute Gasteiger partial charge is 0.426 e. The number of phosphoric ester groups is 1. The molecule has 2 atom stereocenters. The van der Waals surface area contributed by atoms with Gasteiger partial charge in [0, 0.05) is 66.5 Å². The number of amides is 2. The number of halogens is 2. The number of benzene rings is 6. The molecule has 1 aromatic heterocycles. The standard InChI is InChI=1S/C48H39Cl2N2O8PS/c1-30(53)59-41-22-39-45(37-18-10-8-16-35(37)41)33(24-49)26-51(39)47(54)43-20-21-44(62-43)48(55)52-27-34(25-50)46-38-19-11-9-17-36(38)42(23-40(46)52)60-61(56,57-28-31-12-4-2-5-13-31)58-29-32-14-6-3-7-15-32/h2-23,33-34H,24-29H2,1H3/t33-,34-/m1/s1. The van der Waals surface area contributed by atoms with Crippen molar-refractivity contribution in [1.29, 1.82) is 0 Å². The van der Waals surface area contributed by atoms with Crippen molar-refractivity contribution >= 4 is 93.1 Å². The summed E-state index contributed by atoms with van der Waals surface area (Å²) in [5.41, 5.74) is 4.46. The Morgan fingerprint density at radius 1 is 0.613 bits per heavy atom. The predicted molar refractivity (Wildman–Crippen MR) is 244 cm³/mol. The maximum atomic E-state index is 14.6. The minimum absolute atomic E-state index is 0.0341. The second-order valence-electron chi connectivity index (χ2n) is 15.1. The Balaban J connectivity index is 1.04. The van der Waals surface area contributed by atoms with Crippen LogP contribution in [-0.2, 0) is 31.6 Å². The Morgan fingerprint density at radius 2 is 1.03 bits per heavy atom. The summed E-state index contributed by atoms with van der Waals surface area (Å²) in [6.45, 7) is 1.85. The highest BCUT2D eigenvalue weighted by Crippen LogP contribution is 2.55.